The van der Waals surface area contributed by atoms with E-state index in [0.717, 1.165) is 40.7 Å². The molecule has 2 N–H and O–H groups in total. The maximum Gasteiger partial charge on any atom is 0.261 e. The molecule has 2 amide bonds. The molecule has 3 heterocycles. The third-order valence-corrected chi connectivity index (χ3v) is 7.44. The van der Waals surface area contributed by atoms with E-state index >= 15 is 0 Å². The minimum Gasteiger partial charge on any atom is -0.387 e. The highest BCUT2D eigenvalue weighted by Gasteiger charge is 2.39. The number of carbonyl (C=O) groups excluding carboxylic acids is 2. The quantitative estimate of drug-likeness (QED) is 0.428. The first-order valence-corrected chi connectivity index (χ1v) is 12.0. The Morgan fingerprint density at radius 1 is 0.943 bits per heavy atom. The van der Waals surface area contributed by atoms with Crippen LogP contribution in [-0.2, 0) is 6.42 Å². The number of nitrogens with one attached hydrogen (secondary N) is 1. The predicted octanol–water partition coefficient (Wildman–Crippen LogP) is 4.41. The Bertz CT molecular complexity index is 1420. The smallest absolute Gasteiger partial charge is 0.261 e. The Kier molecular flexibility index (Phi) is 5.28. The van der Waals surface area contributed by atoms with Gasteiger partial charge in [-0.2, -0.15) is 0 Å². The van der Waals surface area contributed by atoms with Gasteiger partial charge in [0.1, 0.15) is 0 Å². The summed E-state index contributed by atoms with van der Waals surface area (Å²) >= 11 is 0. The van der Waals surface area contributed by atoms with Crippen LogP contribution in [0.15, 0.2) is 72.8 Å². The van der Waals surface area contributed by atoms with E-state index in [4.69, 9.17) is 0 Å². The lowest BCUT2D eigenvalue weighted by atomic mass is 9.91. The lowest BCUT2D eigenvalue weighted by molar-refractivity contribution is 0.0488. The summed E-state index contributed by atoms with van der Waals surface area (Å²) in [6.07, 6.45) is 0.148. The highest BCUT2D eigenvalue weighted by molar-refractivity contribution is 6.21. The average Bonchev–Trinajstić information content (AvgIpc) is 3.34. The van der Waals surface area contributed by atoms with Gasteiger partial charge in [-0.05, 0) is 42.7 Å². The molecule has 0 spiro atoms. The summed E-state index contributed by atoms with van der Waals surface area (Å²) < 4.78 is 0. The van der Waals surface area contributed by atoms with Gasteiger partial charge in [-0.25, -0.2) is 0 Å². The molecule has 0 radical (unpaired) electrons. The van der Waals surface area contributed by atoms with Crippen molar-refractivity contribution in [3.05, 3.63) is 106 Å². The van der Waals surface area contributed by atoms with Crippen LogP contribution >= 0.6 is 0 Å². The fourth-order valence-corrected chi connectivity index (χ4v) is 5.75. The fourth-order valence-electron chi connectivity index (χ4n) is 5.75. The predicted molar refractivity (Wildman–Crippen MR) is 134 cm³/mol. The van der Waals surface area contributed by atoms with E-state index in [-0.39, 0.29) is 24.4 Å². The van der Waals surface area contributed by atoms with Crippen LogP contribution in [0.2, 0.25) is 0 Å². The van der Waals surface area contributed by atoms with Gasteiger partial charge >= 0.3 is 0 Å². The van der Waals surface area contributed by atoms with E-state index in [2.05, 4.69) is 22.0 Å². The number of imide groups is 1. The molecular weight excluding hydrogens is 438 g/mol. The van der Waals surface area contributed by atoms with Crippen LogP contribution in [0.25, 0.3) is 10.9 Å². The Morgan fingerprint density at radius 3 is 2.37 bits per heavy atom. The number of aliphatic hydroxyl groups excluding tert-OH is 1. The van der Waals surface area contributed by atoms with E-state index in [0.29, 0.717) is 17.7 Å². The summed E-state index contributed by atoms with van der Waals surface area (Å²) in [6, 6.07) is 23.0. The van der Waals surface area contributed by atoms with Gasteiger partial charge in [0, 0.05) is 41.8 Å². The maximum atomic E-state index is 13.1. The number of amides is 2. The summed E-state index contributed by atoms with van der Waals surface area (Å²) in [7, 11) is 0. The average molecular weight is 466 g/mol. The van der Waals surface area contributed by atoms with E-state index in [1.807, 2.05) is 43.3 Å². The van der Waals surface area contributed by atoms with Crippen LogP contribution in [0.1, 0.15) is 55.2 Å². The highest BCUT2D eigenvalue weighted by Crippen LogP contribution is 2.36. The van der Waals surface area contributed by atoms with Gasteiger partial charge in [0.15, 0.2) is 0 Å². The summed E-state index contributed by atoms with van der Waals surface area (Å²) in [5, 5.41) is 12.4. The third-order valence-electron chi connectivity index (χ3n) is 7.44. The second kappa shape index (κ2) is 8.48. The Balaban J connectivity index is 1.33. The van der Waals surface area contributed by atoms with Crippen molar-refractivity contribution in [2.45, 2.75) is 25.5 Å². The normalized spacial score (nSPS) is 18.7. The third kappa shape index (κ3) is 3.57. The Hall–Kier alpha value is -3.74. The molecule has 2 aliphatic rings. The maximum absolute atomic E-state index is 13.1. The lowest BCUT2D eigenvalue weighted by Crippen LogP contribution is -2.45. The number of rotatable bonds is 5. The van der Waals surface area contributed by atoms with Crippen molar-refractivity contribution in [3.63, 3.8) is 0 Å². The standard InChI is InChI=1S/C29H27N3O3/c1-18-27(23-12-6-7-13-24(23)30-18)26(33)17-31-15-14-19-8-2-3-9-20(19)25(31)16-32-28(34)21-10-4-5-11-22(21)29(32)35/h2-13,25-26,30,33H,14-17H2,1H3/t25-,26+/m0/s1. The van der Waals surface area contributed by atoms with Crippen LogP contribution in [0.3, 0.4) is 0 Å². The minimum absolute atomic E-state index is 0.192. The van der Waals surface area contributed by atoms with Gasteiger partial charge in [-0.3, -0.25) is 19.4 Å². The Labute approximate surface area is 203 Å². The molecule has 1 aromatic heterocycles. The first kappa shape index (κ1) is 21.8. The summed E-state index contributed by atoms with van der Waals surface area (Å²) in [4.78, 5) is 33.2. The molecule has 6 rings (SSSR count). The number of aromatic amines is 1. The van der Waals surface area contributed by atoms with E-state index in [1.54, 1.807) is 24.3 Å². The molecule has 2 atom stereocenters. The van der Waals surface area contributed by atoms with Crippen LogP contribution < -0.4 is 0 Å². The zero-order valence-corrected chi connectivity index (χ0v) is 19.6. The van der Waals surface area contributed by atoms with E-state index in [9.17, 15) is 14.7 Å². The van der Waals surface area contributed by atoms with Crippen LogP contribution in [0.4, 0.5) is 0 Å². The first-order valence-electron chi connectivity index (χ1n) is 12.0. The summed E-state index contributed by atoms with van der Waals surface area (Å²) in [5.74, 6) is -0.497. The number of aliphatic hydroxyl groups is 1. The number of aryl methyl sites for hydroxylation is 1. The monoisotopic (exact) mass is 465 g/mol. The van der Waals surface area contributed by atoms with Gasteiger partial charge < -0.3 is 10.1 Å². The number of benzene rings is 3. The number of β-amino-alcohol motifs (C(OH)–C–C–N with tert-alkyl or cyclic N) is 1. The number of aromatic nitrogens is 1. The summed E-state index contributed by atoms with van der Waals surface area (Å²) in [6.45, 7) is 3.39. The number of fused-ring (bicyclic) bond motifs is 3. The number of carbonyl (C=O) groups is 2. The zero-order valence-electron chi connectivity index (χ0n) is 19.6. The molecule has 6 nitrogen and oxygen atoms in total. The highest BCUT2D eigenvalue weighted by atomic mass is 16.3. The SMILES string of the molecule is Cc1[nH]c2ccccc2c1[C@H](O)CN1CCc2ccccc2[C@@H]1CN1C(=O)c2ccccc2C1=O. The van der Waals surface area contributed by atoms with Crippen molar-refractivity contribution in [1.82, 2.24) is 14.8 Å². The second-order valence-electron chi connectivity index (χ2n) is 9.45. The number of para-hydroxylation sites is 1. The van der Waals surface area contributed by atoms with Crippen LogP contribution in [0, 0.1) is 6.92 Å². The fraction of sp³-hybridized carbons (Fsp3) is 0.241. The van der Waals surface area contributed by atoms with Gasteiger partial charge in [0.25, 0.3) is 11.8 Å². The Morgan fingerprint density at radius 2 is 1.60 bits per heavy atom. The molecule has 0 saturated heterocycles. The molecule has 2 aliphatic heterocycles. The molecule has 0 aliphatic carbocycles. The van der Waals surface area contributed by atoms with E-state index in [1.165, 1.54) is 10.5 Å². The molecule has 4 aromatic rings. The van der Waals surface area contributed by atoms with Crippen molar-refractivity contribution in [2.75, 3.05) is 19.6 Å². The molecule has 176 valence electrons. The molecule has 0 saturated carbocycles. The largest absolute Gasteiger partial charge is 0.387 e. The molecule has 0 bridgehead atoms. The molecule has 35 heavy (non-hydrogen) atoms. The van der Waals surface area contributed by atoms with Crippen LogP contribution in [0.5, 0.6) is 0 Å². The molecular formula is C29H27N3O3. The first-order chi connectivity index (χ1) is 17.0. The van der Waals surface area contributed by atoms with E-state index < -0.39 is 6.10 Å². The van der Waals surface area contributed by atoms with Gasteiger partial charge in [-0.15, -0.1) is 0 Å². The van der Waals surface area contributed by atoms with Gasteiger partial charge in [0.2, 0.25) is 0 Å². The molecule has 6 heteroatoms. The molecule has 0 unspecified atom stereocenters. The summed E-state index contributed by atoms with van der Waals surface area (Å²) in [5.41, 5.74) is 6.11. The molecule has 3 aromatic carbocycles. The van der Waals surface area contributed by atoms with Crippen molar-refractivity contribution in [1.29, 1.82) is 0 Å². The number of H-pyrrole nitrogens is 1. The molecule has 0 fully saturated rings. The number of hydrogen-bond acceptors (Lipinski definition) is 4. The topological polar surface area (TPSA) is 76.6 Å². The number of hydrogen-bond donors (Lipinski definition) is 2. The number of nitrogens with zero attached hydrogens (tertiary/aromatic N) is 2. The zero-order chi connectivity index (χ0) is 24.1. The second-order valence-corrected chi connectivity index (χ2v) is 9.45. The van der Waals surface area contributed by atoms with Crippen molar-refractivity contribution in [2.24, 2.45) is 0 Å². The lowest BCUT2D eigenvalue weighted by Gasteiger charge is -2.39. The van der Waals surface area contributed by atoms with Crippen molar-refractivity contribution >= 4 is 22.7 Å². The van der Waals surface area contributed by atoms with Gasteiger partial charge in [-0.1, -0.05) is 54.6 Å². The van der Waals surface area contributed by atoms with Crippen molar-refractivity contribution < 1.29 is 14.7 Å². The van der Waals surface area contributed by atoms with Crippen molar-refractivity contribution in [3.8, 4) is 0 Å². The van der Waals surface area contributed by atoms with Gasteiger partial charge in [0.05, 0.1) is 23.3 Å². The van der Waals surface area contributed by atoms with Crippen LogP contribution in [-0.4, -0.2) is 51.3 Å². The minimum atomic E-state index is -0.707.